The molecule has 2 amide bonds. The van der Waals surface area contributed by atoms with Crippen molar-refractivity contribution >= 4 is 29.3 Å². The lowest BCUT2D eigenvalue weighted by atomic mass is 10.1. The van der Waals surface area contributed by atoms with E-state index in [0.717, 1.165) is 16.8 Å². The maximum atomic E-state index is 12.0. The highest BCUT2D eigenvalue weighted by Crippen LogP contribution is 2.16. The van der Waals surface area contributed by atoms with Gasteiger partial charge in [0.1, 0.15) is 5.50 Å². The van der Waals surface area contributed by atoms with Crippen molar-refractivity contribution in [2.45, 2.75) is 38.7 Å². The molecule has 0 spiro atoms. The molecule has 1 aromatic rings. The molecule has 1 aliphatic rings. The van der Waals surface area contributed by atoms with Crippen molar-refractivity contribution in [3.8, 4) is 0 Å². The Labute approximate surface area is 129 Å². The van der Waals surface area contributed by atoms with E-state index >= 15 is 0 Å². The highest BCUT2D eigenvalue weighted by Gasteiger charge is 2.23. The zero-order valence-corrected chi connectivity index (χ0v) is 13.3. The Balaban J connectivity index is 1.83. The molecular weight excluding hydrogens is 286 g/mol. The van der Waals surface area contributed by atoms with Gasteiger partial charge in [-0.25, -0.2) is 0 Å². The van der Waals surface area contributed by atoms with Crippen LogP contribution in [0.15, 0.2) is 18.2 Å². The van der Waals surface area contributed by atoms with Crippen LogP contribution in [0.4, 0.5) is 5.69 Å². The number of aryl methyl sites for hydroxylation is 2. The van der Waals surface area contributed by atoms with Gasteiger partial charge in [0.15, 0.2) is 0 Å². The van der Waals surface area contributed by atoms with Gasteiger partial charge in [0.05, 0.1) is 5.75 Å². The Hall–Kier alpha value is -1.53. The topological polar surface area (TPSA) is 70.2 Å². The Kier molecular flexibility index (Phi) is 5.25. The van der Waals surface area contributed by atoms with E-state index in [0.29, 0.717) is 6.42 Å². The second kappa shape index (κ2) is 6.95. The number of thioether (sulfide) groups is 1. The van der Waals surface area contributed by atoms with Crippen molar-refractivity contribution in [3.63, 3.8) is 0 Å². The van der Waals surface area contributed by atoms with Gasteiger partial charge < -0.3 is 10.6 Å². The average molecular weight is 307 g/mol. The third-order valence-electron chi connectivity index (χ3n) is 3.11. The maximum Gasteiger partial charge on any atom is 0.234 e. The molecule has 1 aromatic carbocycles. The normalized spacial score (nSPS) is 21.8. The third kappa shape index (κ3) is 5.06. The van der Waals surface area contributed by atoms with Crippen LogP contribution in [0.5, 0.6) is 0 Å². The Morgan fingerprint density at radius 2 is 2.00 bits per heavy atom. The van der Waals surface area contributed by atoms with Gasteiger partial charge in [-0.15, -0.1) is 11.8 Å². The van der Waals surface area contributed by atoms with Crippen LogP contribution in [0.25, 0.3) is 0 Å². The van der Waals surface area contributed by atoms with Crippen LogP contribution < -0.4 is 16.0 Å². The number of nitrogens with one attached hydrogen (secondary N) is 3. The van der Waals surface area contributed by atoms with Crippen molar-refractivity contribution in [1.29, 1.82) is 0 Å². The van der Waals surface area contributed by atoms with Crippen molar-refractivity contribution in [2.24, 2.45) is 0 Å². The summed E-state index contributed by atoms with van der Waals surface area (Å²) >= 11 is 1.39. The first-order chi connectivity index (χ1) is 9.92. The average Bonchev–Trinajstić information content (AvgIpc) is 2.34. The number of rotatable bonds is 4. The van der Waals surface area contributed by atoms with E-state index in [1.165, 1.54) is 11.8 Å². The van der Waals surface area contributed by atoms with Crippen LogP contribution in [0.1, 0.15) is 24.5 Å². The lowest BCUT2D eigenvalue weighted by Gasteiger charge is -2.28. The maximum absolute atomic E-state index is 12.0. The standard InChI is InChI=1S/C15H21N3O2S/c1-9-4-10(2)6-12(5-9)17-14(20)8-21-15-16-11(3)7-13(19)18-15/h4-6,11,15-16H,7-8H2,1-3H3,(H,17,20)(H,18,19). The minimum absolute atomic E-state index is 0.0217. The quantitative estimate of drug-likeness (QED) is 0.793. The molecule has 5 nitrogen and oxygen atoms in total. The summed E-state index contributed by atoms with van der Waals surface area (Å²) in [5, 5.41) is 8.94. The highest BCUT2D eigenvalue weighted by atomic mass is 32.2. The van der Waals surface area contributed by atoms with Crippen LogP contribution in [0.3, 0.4) is 0 Å². The summed E-state index contributed by atoms with van der Waals surface area (Å²) in [6, 6.07) is 6.09. The van der Waals surface area contributed by atoms with Gasteiger partial charge in [-0.3, -0.25) is 14.9 Å². The largest absolute Gasteiger partial charge is 0.332 e. The van der Waals surface area contributed by atoms with Crippen LogP contribution in [-0.4, -0.2) is 29.1 Å². The minimum atomic E-state index is -0.203. The van der Waals surface area contributed by atoms with Crippen LogP contribution >= 0.6 is 11.8 Å². The number of anilines is 1. The highest BCUT2D eigenvalue weighted by molar-refractivity contribution is 8.00. The van der Waals surface area contributed by atoms with Gasteiger partial charge in [-0.2, -0.15) is 0 Å². The number of carbonyl (C=O) groups is 2. The van der Waals surface area contributed by atoms with Gasteiger partial charge in [0.2, 0.25) is 11.8 Å². The predicted octanol–water partition coefficient (Wildman–Crippen LogP) is 1.76. The molecule has 1 saturated heterocycles. The van der Waals surface area contributed by atoms with E-state index in [9.17, 15) is 9.59 Å². The number of carbonyl (C=O) groups excluding carboxylic acids is 2. The summed E-state index contributed by atoms with van der Waals surface area (Å²) in [4.78, 5) is 23.4. The molecule has 0 aromatic heterocycles. The zero-order chi connectivity index (χ0) is 15.4. The first-order valence-electron chi connectivity index (χ1n) is 6.97. The molecule has 21 heavy (non-hydrogen) atoms. The van der Waals surface area contributed by atoms with Gasteiger partial charge in [0, 0.05) is 18.2 Å². The summed E-state index contributed by atoms with van der Waals surface area (Å²) in [5.41, 5.74) is 2.85. The van der Waals surface area contributed by atoms with E-state index in [4.69, 9.17) is 0 Å². The second-order valence-electron chi connectivity index (χ2n) is 5.45. The van der Waals surface area contributed by atoms with E-state index < -0.39 is 0 Å². The van der Waals surface area contributed by atoms with E-state index in [2.05, 4.69) is 22.0 Å². The summed E-state index contributed by atoms with van der Waals surface area (Å²) in [6.07, 6.45) is 0.478. The summed E-state index contributed by atoms with van der Waals surface area (Å²) in [6.45, 7) is 5.96. The van der Waals surface area contributed by atoms with Crippen molar-refractivity contribution < 1.29 is 9.59 Å². The fourth-order valence-corrected chi connectivity index (χ4v) is 3.27. The van der Waals surface area contributed by atoms with E-state index in [1.54, 1.807) is 0 Å². The Morgan fingerprint density at radius 1 is 1.33 bits per heavy atom. The number of amides is 2. The molecule has 0 saturated carbocycles. The van der Waals surface area contributed by atoms with Crippen molar-refractivity contribution in [3.05, 3.63) is 29.3 Å². The fraction of sp³-hybridized carbons (Fsp3) is 0.467. The Morgan fingerprint density at radius 3 is 2.62 bits per heavy atom. The van der Waals surface area contributed by atoms with Crippen LogP contribution in [0, 0.1) is 13.8 Å². The molecular formula is C15H21N3O2S. The number of hydrogen-bond acceptors (Lipinski definition) is 4. The second-order valence-corrected chi connectivity index (χ2v) is 6.55. The Bertz CT molecular complexity index is 527. The van der Waals surface area contributed by atoms with E-state index in [-0.39, 0.29) is 29.1 Å². The third-order valence-corrected chi connectivity index (χ3v) is 4.12. The number of benzene rings is 1. The lowest BCUT2D eigenvalue weighted by molar-refractivity contribution is -0.123. The fourth-order valence-electron chi connectivity index (χ4n) is 2.33. The molecule has 0 bridgehead atoms. The van der Waals surface area contributed by atoms with E-state index in [1.807, 2.05) is 32.9 Å². The summed E-state index contributed by atoms with van der Waals surface area (Å²) in [5.74, 6) is 0.241. The first-order valence-corrected chi connectivity index (χ1v) is 8.02. The van der Waals surface area contributed by atoms with Gasteiger partial charge in [-0.05, 0) is 44.0 Å². The molecule has 1 heterocycles. The minimum Gasteiger partial charge on any atom is -0.332 e. The molecule has 2 unspecified atom stereocenters. The predicted molar refractivity (Wildman–Crippen MR) is 86.1 cm³/mol. The summed E-state index contributed by atoms with van der Waals surface area (Å²) < 4.78 is 0. The lowest BCUT2D eigenvalue weighted by Crippen LogP contribution is -2.53. The smallest absolute Gasteiger partial charge is 0.234 e. The SMILES string of the molecule is Cc1cc(C)cc(NC(=O)CSC2NC(=O)CC(C)N2)c1. The molecule has 0 aliphatic carbocycles. The van der Waals surface area contributed by atoms with Crippen molar-refractivity contribution in [1.82, 2.24) is 10.6 Å². The van der Waals surface area contributed by atoms with Gasteiger partial charge in [0.25, 0.3) is 0 Å². The van der Waals surface area contributed by atoms with Crippen molar-refractivity contribution in [2.75, 3.05) is 11.1 Å². The molecule has 6 heteroatoms. The van der Waals surface area contributed by atoms with Crippen LogP contribution in [-0.2, 0) is 9.59 Å². The van der Waals surface area contributed by atoms with Crippen LogP contribution in [0.2, 0.25) is 0 Å². The molecule has 2 atom stereocenters. The molecule has 3 N–H and O–H groups in total. The molecule has 1 aliphatic heterocycles. The monoisotopic (exact) mass is 307 g/mol. The van der Waals surface area contributed by atoms with Gasteiger partial charge >= 0.3 is 0 Å². The van der Waals surface area contributed by atoms with Gasteiger partial charge in [-0.1, -0.05) is 6.07 Å². The number of hydrogen-bond donors (Lipinski definition) is 3. The molecule has 0 radical (unpaired) electrons. The molecule has 1 fully saturated rings. The molecule has 114 valence electrons. The zero-order valence-electron chi connectivity index (χ0n) is 12.5. The molecule has 2 rings (SSSR count). The first kappa shape index (κ1) is 15.9. The summed E-state index contributed by atoms with van der Waals surface area (Å²) in [7, 11) is 0.